The molecule has 0 spiro atoms. The summed E-state index contributed by atoms with van der Waals surface area (Å²) in [4.78, 5) is 19.7. The minimum Gasteiger partial charge on any atom is -0.391 e. The monoisotopic (exact) mass is 343 g/mol. The van der Waals surface area contributed by atoms with Crippen LogP contribution in [0.1, 0.15) is 39.2 Å². The van der Waals surface area contributed by atoms with E-state index in [0.29, 0.717) is 17.3 Å². The summed E-state index contributed by atoms with van der Waals surface area (Å²) in [6, 6.07) is 6.82. The first-order valence-corrected chi connectivity index (χ1v) is 9.00. The molecule has 134 valence electrons. The summed E-state index contributed by atoms with van der Waals surface area (Å²) < 4.78 is 1.59. The fraction of sp³-hybridized carbons (Fsp3) is 0.579. The normalized spacial score (nSPS) is 32.5. The second-order valence-electron chi connectivity index (χ2n) is 7.85. The number of piperidine rings is 2. The SMILES string of the molecule is CC1(C)[C@@H](n2cnc3ccccc3c2=O)[C@H](O)C[C@@H]2[C@@H](O)CCCN21. The largest absolute Gasteiger partial charge is 0.391 e. The van der Waals surface area contributed by atoms with E-state index in [0.717, 1.165) is 19.4 Å². The average molecular weight is 343 g/mol. The van der Waals surface area contributed by atoms with Gasteiger partial charge >= 0.3 is 0 Å². The van der Waals surface area contributed by atoms with Crippen LogP contribution in [-0.4, -0.2) is 55.0 Å². The van der Waals surface area contributed by atoms with E-state index in [1.165, 1.54) is 0 Å². The average Bonchev–Trinajstić information content (AvgIpc) is 2.58. The smallest absolute Gasteiger partial charge is 0.261 e. The summed E-state index contributed by atoms with van der Waals surface area (Å²) >= 11 is 0. The number of aliphatic hydroxyl groups excluding tert-OH is 2. The van der Waals surface area contributed by atoms with Gasteiger partial charge in [0, 0.05) is 11.6 Å². The Morgan fingerprint density at radius 1 is 1.20 bits per heavy atom. The van der Waals surface area contributed by atoms with Crippen LogP contribution in [0.2, 0.25) is 0 Å². The van der Waals surface area contributed by atoms with Crippen LogP contribution in [0.3, 0.4) is 0 Å². The molecule has 6 heteroatoms. The third kappa shape index (κ3) is 2.51. The summed E-state index contributed by atoms with van der Waals surface area (Å²) in [5.41, 5.74) is 0.0781. The molecule has 2 saturated heterocycles. The lowest BCUT2D eigenvalue weighted by molar-refractivity contribution is -0.133. The summed E-state index contributed by atoms with van der Waals surface area (Å²) in [6.07, 6.45) is 2.59. The molecule has 0 amide bonds. The molecule has 0 unspecified atom stereocenters. The minimum atomic E-state index is -0.704. The van der Waals surface area contributed by atoms with Crippen molar-refractivity contribution in [3.63, 3.8) is 0 Å². The molecular weight excluding hydrogens is 318 g/mol. The van der Waals surface area contributed by atoms with E-state index in [2.05, 4.69) is 9.88 Å². The Morgan fingerprint density at radius 2 is 1.96 bits per heavy atom. The van der Waals surface area contributed by atoms with Crippen LogP contribution < -0.4 is 5.56 Å². The minimum absolute atomic E-state index is 0.0564. The van der Waals surface area contributed by atoms with Crippen molar-refractivity contribution in [3.8, 4) is 0 Å². The molecule has 4 rings (SSSR count). The second kappa shape index (κ2) is 5.90. The highest BCUT2D eigenvalue weighted by atomic mass is 16.3. The Hall–Kier alpha value is -1.76. The first-order chi connectivity index (χ1) is 11.9. The number of fused-ring (bicyclic) bond motifs is 2. The van der Waals surface area contributed by atoms with Crippen LogP contribution in [0.15, 0.2) is 35.4 Å². The van der Waals surface area contributed by atoms with Gasteiger partial charge < -0.3 is 10.2 Å². The van der Waals surface area contributed by atoms with E-state index in [1.54, 1.807) is 17.0 Å². The molecule has 1 aromatic carbocycles. The molecule has 2 aliphatic rings. The van der Waals surface area contributed by atoms with E-state index in [1.807, 2.05) is 32.0 Å². The van der Waals surface area contributed by atoms with Crippen molar-refractivity contribution >= 4 is 10.9 Å². The van der Waals surface area contributed by atoms with Crippen LogP contribution in [0, 0.1) is 0 Å². The Bertz CT molecular complexity index is 847. The molecule has 0 aliphatic carbocycles. The topological polar surface area (TPSA) is 78.6 Å². The predicted octanol–water partition coefficient (Wildman–Crippen LogP) is 1.31. The van der Waals surface area contributed by atoms with Gasteiger partial charge in [-0.2, -0.15) is 0 Å². The van der Waals surface area contributed by atoms with Crippen molar-refractivity contribution in [1.29, 1.82) is 0 Å². The Kier molecular flexibility index (Phi) is 3.94. The van der Waals surface area contributed by atoms with E-state index in [9.17, 15) is 15.0 Å². The van der Waals surface area contributed by atoms with Gasteiger partial charge in [-0.15, -0.1) is 0 Å². The molecule has 1 aromatic heterocycles. The van der Waals surface area contributed by atoms with Crippen molar-refractivity contribution in [3.05, 3.63) is 40.9 Å². The highest BCUT2D eigenvalue weighted by molar-refractivity contribution is 5.76. The molecule has 3 heterocycles. The number of aromatic nitrogens is 2. The highest BCUT2D eigenvalue weighted by Crippen LogP contribution is 2.42. The molecular formula is C19H25N3O3. The Balaban J connectivity index is 1.82. The molecule has 2 fully saturated rings. The fourth-order valence-electron chi connectivity index (χ4n) is 4.86. The van der Waals surface area contributed by atoms with Gasteiger partial charge in [0.2, 0.25) is 0 Å². The van der Waals surface area contributed by atoms with E-state index < -0.39 is 23.8 Å². The Labute approximate surface area is 146 Å². The maximum atomic E-state index is 13.0. The molecule has 0 saturated carbocycles. The van der Waals surface area contributed by atoms with Crippen LogP contribution in [0.5, 0.6) is 0 Å². The zero-order valence-electron chi connectivity index (χ0n) is 14.7. The molecule has 4 atom stereocenters. The lowest BCUT2D eigenvalue weighted by atomic mass is 9.75. The van der Waals surface area contributed by atoms with Crippen LogP contribution in [-0.2, 0) is 0 Å². The van der Waals surface area contributed by atoms with Crippen molar-refractivity contribution in [2.45, 2.75) is 62.9 Å². The highest BCUT2D eigenvalue weighted by Gasteiger charge is 2.51. The summed E-state index contributed by atoms with van der Waals surface area (Å²) in [5, 5.41) is 21.8. The third-order valence-corrected chi connectivity index (χ3v) is 6.04. The van der Waals surface area contributed by atoms with Gasteiger partial charge in [-0.05, 0) is 51.8 Å². The fourth-order valence-corrected chi connectivity index (χ4v) is 4.86. The number of aliphatic hydroxyl groups is 2. The molecule has 2 aromatic rings. The molecule has 2 aliphatic heterocycles. The van der Waals surface area contributed by atoms with Crippen molar-refractivity contribution in [1.82, 2.24) is 14.5 Å². The second-order valence-corrected chi connectivity index (χ2v) is 7.85. The number of benzene rings is 1. The lowest BCUT2D eigenvalue weighted by Gasteiger charge is -2.57. The van der Waals surface area contributed by atoms with Gasteiger partial charge in [0.1, 0.15) is 0 Å². The van der Waals surface area contributed by atoms with Crippen molar-refractivity contribution in [2.75, 3.05) is 6.54 Å². The van der Waals surface area contributed by atoms with Gasteiger partial charge in [0.05, 0.1) is 35.5 Å². The quantitative estimate of drug-likeness (QED) is 0.816. The van der Waals surface area contributed by atoms with Crippen molar-refractivity contribution in [2.24, 2.45) is 0 Å². The standard InChI is InChI=1S/C19H25N3O3/c1-19(2)17(16(24)10-14-15(23)8-5-9-22(14)19)21-11-20-13-7-4-3-6-12(13)18(21)25/h3-4,6-7,11,14-17,23-24H,5,8-10H2,1-2H3/t14-,15+,16-,17+/m1/s1. The van der Waals surface area contributed by atoms with Gasteiger partial charge in [-0.1, -0.05) is 12.1 Å². The first-order valence-electron chi connectivity index (χ1n) is 9.00. The summed E-state index contributed by atoms with van der Waals surface area (Å²) in [6.45, 7) is 4.97. The maximum Gasteiger partial charge on any atom is 0.261 e. The van der Waals surface area contributed by atoms with E-state index >= 15 is 0 Å². The number of nitrogens with zero attached hydrogens (tertiary/aromatic N) is 3. The number of hydrogen-bond acceptors (Lipinski definition) is 5. The van der Waals surface area contributed by atoms with E-state index in [-0.39, 0.29) is 11.6 Å². The predicted molar refractivity (Wildman–Crippen MR) is 95.5 cm³/mol. The number of rotatable bonds is 1. The lowest BCUT2D eigenvalue weighted by Crippen LogP contribution is -2.67. The number of hydrogen-bond donors (Lipinski definition) is 2. The van der Waals surface area contributed by atoms with E-state index in [4.69, 9.17) is 0 Å². The maximum absolute atomic E-state index is 13.0. The van der Waals surface area contributed by atoms with Crippen LogP contribution in [0.25, 0.3) is 10.9 Å². The molecule has 2 N–H and O–H groups in total. The zero-order valence-corrected chi connectivity index (χ0v) is 14.7. The van der Waals surface area contributed by atoms with Crippen molar-refractivity contribution < 1.29 is 10.2 Å². The summed E-state index contributed by atoms with van der Waals surface area (Å²) in [7, 11) is 0. The zero-order chi connectivity index (χ0) is 17.8. The van der Waals surface area contributed by atoms with Gasteiger partial charge in [-0.25, -0.2) is 4.98 Å². The van der Waals surface area contributed by atoms with Crippen LogP contribution in [0.4, 0.5) is 0 Å². The van der Waals surface area contributed by atoms with Gasteiger partial charge in [-0.3, -0.25) is 14.3 Å². The molecule has 6 nitrogen and oxygen atoms in total. The van der Waals surface area contributed by atoms with Gasteiger partial charge in [0.15, 0.2) is 0 Å². The molecule has 25 heavy (non-hydrogen) atoms. The Morgan fingerprint density at radius 3 is 2.76 bits per heavy atom. The van der Waals surface area contributed by atoms with Crippen LogP contribution >= 0.6 is 0 Å². The number of para-hydroxylation sites is 1. The first kappa shape index (κ1) is 16.7. The molecule has 0 bridgehead atoms. The van der Waals surface area contributed by atoms with Gasteiger partial charge in [0.25, 0.3) is 5.56 Å². The summed E-state index contributed by atoms with van der Waals surface area (Å²) in [5.74, 6) is 0. The third-order valence-electron chi connectivity index (χ3n) is 6.04. The molecule has 0 radical (unpaired) electrons.